The molecule has 1 aromatic carbocycles. The minimum Gasteiger partial charge on any atom is -0.477 e. The fourth-order valence-electron chi connectivity index (χ4n) is 3.65. The molecule has 0 saturated heterocycles. The Morgan fingerprint density at radius 2 is 2.00 bits per heavy atom. The Labute approximate surface area is 152 Å². The summed E-state index contributed by atoms with van der Waals surface area (Å²) < 4.78 is 7.46. The number of aromatic nitrogens is 1. The molecule has 138 valence electrons. The number of fused-ring (bicyclic) bond motifs is 3. The highest BCUT2D eigenvalue weighted by Crippen LogP contribution is 2.40. The van der Waals surface area contributed by atoms with Gasteiger partial charge in [0.05, 0.1) is 11.2 Å². The lowest BCUT2D eigenvalue weighted by Gasteiger charge is -2.25. The number of amides is 1. The summed E-state index contributed by atoms with van der Waals surface area (Å²) in [5, 5.41) is 10.5. The van der Waals surface area contributed by atoms with E-state index in [9.17, 15) is 14.7 Å². The van der Waals surface area contributed by atoms with Crippen LogP contribution in [0.3, 0.4) is 0 Å². The van der Waals surface area contributed by atoms with Crippen LogP contribution in [0.2, 0.25) is 0 Å². The number of aromatic carboxylic acids is 1. The Morgan fingerprint density at radius 1 is 1.27 bits per heavy atom. The number of nitrogens with zero attached hydrogens (tertiary/aromatic N) is 2. The Kier molecular flexibility index (Phi) is 3.75. The maximum Gasteiger partial charge on any atom is 0.414 e. The predicted molar refractivity (Wildman–Crippen MR) is 98.9 cm³/mol. The number of ether oxygens (including phenoxy) is 1. The summed E-state index contributed by atoms with van der Waals surface area (Å²) in [6, 6.07) is 5.67. The quantitative estimate of drug-likeness (QED) is 0.901. The average molecular weight is 356 g/mol. The van der Waals surface area contributed by atoms with Gasteiger partial charge in [0.15, 0.2) is 0 Å². The fourth-order valence-corrected chi connectivity index (χ4v) is 3.65. The SMILES string of the molecule is CC(C)(C)OC(=O)N1CCc2ccc3cc(C(=O)O)n(CC4CC4)c3c21. The summed E-state index contributed by atoms with van der Waals surface area (Å²) in [6.07, 6.45) is 2.63. The molecule has 0 atom stereocenters. The third kappa shape index (κ3) is 2.93. The zero-order valence-corrected chi connectivity index (χ0v) is 15.4. The van der Waals surface area contributed by atoms with Crippen LogP contribution in [-0.4, -0.2) is 33.9 Å². The number of carboxylic acid groups (broad SMARTS) is 1. The van der Waals surface area contributed by atoms with Gasteiger partial charge in [-0.15, -0.1) is 0 Å². The first-order valence-corrected chi connectivity index (χ1v) is 9.13. The highest BCUT2D eigenvalue weighted by molar-refractivity contribution is 6.06. The average Bonchev–Trinajstić information content (AvgIpc) is 3.11. The molecule has 0 unspecified atom stereocenters. The Hall–Kier alpha value is -2.50. The van der Waals surface area contributed by atoms with E-state index in [2.05, 4.69) is 0 Å². The van der Waals surface area contributed by atoms with Gasteiger partial charge in [-0.3, -0.25) is 4.90 Å². The van der Waals surface area contributed by atoms with Crippen molar-refractivity contribution >= 4 is 28.7 Å². The zero-order chi connectivity index (χ0) is 18.6. The second kappa shape index (κ2) is 5.76. The van der Waals surface area contributed by atoms with E-state index in [1.54, 1.807) is 11.0 Å². The predicted octanol–water partition coefficient (Wildman–Crippen LogP) is 4.05. The van der Waals surface area contributed by atoms with Gasteiger partial charge < -0.3 is 14.4 Å². The van der Waals surface area contributed by atoms with Gasteiger partial charge in [0.25, 0.3) is 0 Å². The van der Waals surface area contributed by atoms with Crippen molar-refractivity contribution in [3.05, 3.63) is 29.5 Å². The van der Waals surface area contributed by atoms with Crippen molar-refractivity contribution in [2.24, 2.45) is 5.92 Å². The highest BCUT2D eigenvalue weighted by atomic mass is 16.6. The van der Waals surface area contributed by atoms with E-state index in [-0.39, 0.29) is 11.8 Å². The topological polar surface area (TPSA) is 71.8 Å². The first kappa shape index (κ1) is 16.9. The van der Waals surface area contributed by atoms with Gasteiger partial charge in [-0.25, -0.2) is 9.59 Å². The molecule has 4 rings (SSSR count). The summed E-state index contributed by atoms with van der Waals surface area (Å²) in [7, 11) is 0. The van der Waals surface area contributed by atoms with Crippen molar-refractivity contribution in [1.82, 2.24) is 4.57 Å². The monoisotopic (exact) mass is 356 g/mol. The first-order valence-electron chi connectivity index (χ1n) is 9.13. The smallest absolute Gasteiger partial charge is 0.414 e. The molecular weight excluding hydrogens is 332 g/mol. The molecule has 1 aliphatic heterocycles. The zero-order valence-electron chi connectivity index (χ0n) is 15.4. The number of carbonyl (C=O) groups is 2. The maximum atomic E-state index is 12.7. The molecule has 6 nitrogen and oxygen atoms in total. The minimum atomic E-state index is -0.933. The Balaban J connectivity index is 1.85. The van der Waals surface area contributed by atoms with Gasteiger partial charge in [0.2, 0.25) is 0 Å². The van der Waals surface area contributed by atoms with Crippen molar-refractivity contribution in [3.63, 3.8) is 0 Å². The molecule has 1 aliphatic carbocycles. The molecule has 1 N–H and O–H groups in total. The van der Waals surface area contributed by atoms with Crippen molar-refractivity contribution < 1.29 is 19.4 Å². The number of anilines is 1. The molecule has 6 heteroatoms. The number of carbonyl (C=O) groups excluding carboxylic acids is 1. The van der Waals surface area contributed by atoms with E-state index in [1.165, 1.54) is 0 Å². The van der Waals surface area contributed by atoms with Crippen molar-refractivity contribution in [1.29, 1.82) is 0 Å². The fraction of sp³-hybridized carbons (Fsp3) is 0.500. The van der Waals surface area contributed by atoms with Crippen LogP contribution in [0.25, 0.3) is 10.9 Å². The lowest BCUT2D eigenvalue weighted by atomic mass is 10.1. The van der Waals surface area contributed by atoms with Crippen LogP contribution in [0.4, 0.5) is 10.5 Å². The van der Waals surface area contributed by atoms with Gasteiger partial charge in [-0.05, 0) is 57.6 Å². The highest BCUT2D eigenvalue weighted by Gasteiger charge is 2.33. The summed E-state index contributed by atoms with van der Waals surface area (Å²) >= 11 is 0. The molecule has 1 saturated carbocycles. The Morgan fingerprint density at radius 3 is 2.62 bits per heavy atom. The van der Waals surface area contributed by atoms with Crippen LogP contribution in [0.15, 0.2) is 18.2 Å². The number of benzene rings is 1. The van der Waals surface area contributed by atoms with Crippen LogP contribution in [-0.2, 0) is 17.7 Å². The lowest BCUT2D eigenvalue weighted by Crippen LogP contribution is -2.36. The normalized spacial score (nSPS) is 16.8. The van der Waals surface area contributed by atoms with Crippen LogP contribution in [0.5, 0.6) is 0 Å². The van der Waals surface area contributed by atoms with Crippen LogP contribution < -0.4 is 4.90 Å². The molecule has 1 amide bonds. The molecule has 2 heterocycles. The van der Waals surface area contributed by atoms with Gasteiger partial charge in [0.1, 0.15) is 11.3 Å². The molecule has 1 fully saturated rings. The van der Waals surface area contributed by atoms with E-state index >= 15 is 0 Å². The maximum absolute atomic E-state index is 12.7. The molecular formula is C20H24N2O4. The second-order valence-electron chi connectivity index (χ2n) is 8.28. The molecule has 0 spiro atoms. The number of hydrogen-bond donors (Lipinski definition) is 1. The van der Waals surface area contributed by atoms with E-state index in [0.29, 0.717) is 19.0 Å². The Bertz CT molecular complexity index is 903. The van der Waals surface area contributed by atoms with Crippen molar-refractivity contribution in [2.45, 2.75) is 52.2 Å². The third-order valence-corrected chi connectivity index (χ3v) is 4.96. The lowest BCUT2D eigenvalue weighted by molar-refractivity contribution is 0.0583. The van der Waals surface area contributed by atoms with Gasteiger partial charge >= 0.3 is 12.1 Å². The molecule has 2 aliphatic rings. The van der Waals surface area contributed by atoms with Crippen LogP contribution in [0, 0.1) is 5.92 Å². The molecule has 1 aromatic heterocycles. The number of carboxylic acids is 1. The summed E-state index contributed by atoms with van der Waals surface area (Å²) in [6.45, 7) is 6.78. The standard InChI is InChI=1S/C20H24N2O4/c1-20(2,3)26-19(25)21-9-8-13-6-7-14-10-15(18(23)24)22(11-12-4-5-12)17(14)16(13)21/h6-7,10,12H,4-5,8-9,11H2,1-3H3,(H,23,24). The minimum absolute atomic E-state index is 0.288. The van der Waals surface area contributed by atoms with E-state index in [1.807, 2.05) is 37.5 Å². The van der Waals surface area contributed by atoms with Crippen LogP contribution >= 0.6 is 0 Å². The summed E-state index contributed by atoms with van der Waals surface area (Å²) in [5.41, 5.74) is 2.43. The van der Waals surface area contributed by atoms with Crippen molar-refractivity contribution in [2.75, 3.05) is 11.4 Å². The number of hydrogen-bond acceptors (Lipinski definition) is 3. The van der Waals surface area contributed by atoms with Gasteiger partial charge in [-0.2, -0.15) is 0 Å². The third-order valence-electron chi connectivity index (χ3n) is 4.96. The van der Waals surface area contributed by atoms with E-state index in [4.69, 9.17) is 4.74 Å². The van der Waals surface area contributed by atoms with E-state index < -0.39 is 11.6 Å². The second-order valence-corrected chi connectivity index (χ2v) is 8.28. The van der Waals surface area contributed by atoms with Crippen molar-refractivity contribution in [3.8, 4) is 0 Å². The molecule has 2 aromatic rings. The van der Waals surface area contributed by atoms with Gasteiger partial charge in [-0.1, -0.05) is 12.1 Å². The molecule has 0 radical (unpaired) electrons. The van der Waals surface area contributed by atoms with Crippen LogP contribution in [0.1, 0.15) is 49.7 Å². The molecule has 0 bridgehead atoms. The summed E-state index contributed by atoms with van der Waals surface area (Å²) in [4.78, 5) is 26.2. The number of rotatable bonds is 3. The largest absolute Gasteiger partial charge is 0.477 e. The summed E-state index contributed by atoms with van der Waals surface area (Å²) in [5.74, 6) is -0.409. The first-order chi connectivity index (χ1) is 12.2. The molecule has 26 heavy (non-hydrogen) atoms. The van der Waals surface area contributed by atoms with E-state index in [0.717, 1.165) is 41.4 Å². The van der Waals surface area contributed by atoms with Gasteiger partial charge in [0, 0.05) is 18.5 Å².